The Kier molecular flexibility index (Phi) is 5.25. The predicted octanol–water partition coefficient (Wildman–Crippen LogP) is 2.25. The first kappa shape index (κ1) is 17.3. The van der Waals surface area contributed by atoms with Gasteiger partial charge in [-0.25, -0.2) is 0 Å². The van der Waals surface area contributed by atoms with Crippen LogP contribution in [0.3, 0.4) is 0 Å². The molecule has 0 spiro atoms. The minimum atomic E-state index is -1.02. The van der Waals surface area contributed by atoms with Crippen molar-refractivity contribution < 1.29 is 23.9 Å². The van der Waals surface area contributed by atoms with E-state index in [2.05, 4.69) is 26.8 Å². The van der Waals surface area contributed by atoms with Crippen LogP contribution >= 0.6 is 15.9 Å². The highest BCUT2D eigenvalue weighted by Crippen LogP contribution is 2.34. The molecular formula is C15H17BrN2O5. The molecular weight excluding hydrogens is 368 g/mol. The third-order valence-electron chi connectivity index (χ3n) is 4.02. The number of hydrazine groups is 1. The summed E-state index contributed by atoms with van der Waals surface area (Å²) in [6.45, 7) is 3.75. The zero-order chi connectivity index (χ0) is 17.1. The van der Waals surface area contributed by atoms with E-state index in [0.717, 1.165) is 11.1 Å². The van der Waals surface area contributed by atoms with Crippen molar-refractivity contribution in [1.29, 1.82) is 0 Å². The van der Waals surface area contributed by atoms with Crippen LogP contribution in [-0.2, 0) is 9.59 Å². The fourth-order valence-corrected chi connectivity index (χ4v) is 2.84. The summed E-state index contributed by atoms with van der Waals surface area (Å²) in [5, 5.41) is 9.31. The smallest absolute Gasteiger partial charge is 0.307 e. The number of furan rings is 1. The highest BCUT2D eigenvalue weighted by molar-refractivity contribution is 9.10. The first-order chi connectivity index (χ1) is 10.8. The average molecular weight is 385 g/mol. The first-order valence-electron chi connectivity index (χ1n) is 7.03. The lowest BCUT2D eigenvalue weighted by atomic mass is 9.76. The van der Waals surface area contributed by atoms with Gasteiger partial charge in [0.25, 0.3) is 0 Å². The van der Waals surface area contributed by atoms with Crippen molar-refractivity contribution in [1.82, 2.24) is 10.9 Å². The molecule has 3 N–H and O–H groups in total. The predicted molar refractivity (Wildman–Crippen MR) is 84.2 cm³/mol. The van der Waals surface area contributed by atoms with E-state index in [1.807, 2.05) is 13.8 Å². The lowest BCUT2D eigenvalue weighted by Gasteiger charge is -2.29. The molecule has 0 saturated carbocycles. The minimum Gasteiger partial charge on any atom is -0.481 e. The second-order valence-corrected chi connectivity index (χ2v) is 6.35. The third-order valence-corrected chi connectivity index (χ3v) is 4.44. The fraction of sp³-hybridized carbons (Fsp3) is 0.400. The van der Waals surface area contributed by atoms with E-state index in [4.69, 9.17) is 4.42 Å². The van der Waals surface area contributed by atoms with Crippen LogP contribution in [0.4, 0.5) is 0 Å². The van der Waals surface area contributed by atoms with Crippen LogP contribution in [0, 0.1) is 11.8 Å². The maximum Gasteiger partial charge on any atom is 0.307 e. The van der Waals surface area contributed by atoms with Crippen molar-refractivity contribution in [3.05, 3.63) is 33.7 Å². The summed E-state index contributed by atoms with van der Waals surface area (Å²) < 4.78 is 5.46. The normalized spacial score (nSPS) is 21.0. The molecule has 2 rings (SSSR count). The summed E-state index contributed by atoms with van der Waals surface area (Å²) in [6.07, 6.45) is 0.690. The van der Waals surface area contributed by atoms with Crippen LogP contribution in [0.5, 0.6) is 0 Å². The highest BCUT2D eigenvalue weighted by atomic mass is 79.9. The quantitative estimate of drug-likeness (QED) is 0.546. The number of carboxylic acids is 1. The van der Waals surface area contributed by atoms with Crippen molar-refractivity contribution in [2.75, 3.05) is 0 Å². The van der Waals surface area contributed by atoms with Crippen LogP contribution < -0.4 is 10.9 Å². The second-order valence-electron chi connectivity index (χ2n) is 5.57. The van der Waals surface area contributed by atoms with Crippen molar-refractivity contribution in [2.45, 2.75) is 26.7 Å². The van der Waals surface area contributed by atoms with Crippen LogP contribution in [0.1, 0.15) is 37.2 Å². The molecule has 0 aromatic carbocycles. The van der Waals surface area contributed by atoms with Gasteiger partial charge in [-0.2, -0.15) is 0 Å². The average Bonchev–Trinajstić information content (AvgIpc) is 2.93. The van der Waals surface area contributed by atoms with Gasteiger partial charge >= 0.3 is 11.9 Å². The van der Waals surface area contributed by atoms with Gasteiger partial charge in [-0.3, -0.25) is 25.2 Å². The Balaban J connectivity index is 2.01. The van der Waals surface area contributed by atoms with Crippen LogP contribution in [0.2, 0.25) is 0 Å². The number of allylic oxidation sites excluding steroid dienone is 2. The maximum atomic E-state index is 12.3. The number of nitrogens with one attached hydrogen (secondary N) is 2. The minimum absolute atomic E-state index is 0.0301. The Bertz CT molecular complexity index is 679. The molecule has 23 heavy (non-hydrogen) atoms. The van der Waals surface area contributed by atoms with Gasteiger partial charge < -0.3 is 9.52 Å². The number of rotatable bonds is 3. The molecule has 0 unspecified atom stereocenters. The van der Waals surface area contributed by atoms with E-state index in [1.54, 1.807) is 6.07 Å². The fourth-order valence-electron chi connectivity index (χ4n) is 2.54. The Morgan fingerprint density at radius 1 is 1.13 bits per heavy atom. The lowest BCUT2D eigenvalue weighted by molar-refractivity contribution is -0.147. The van der Waals surface area contributed by atoms with Crippen LogP contribution in [-0.4, -0.2) is 22.9 Å². The molecule has 124 valence electrons. The van der Waals surface area contributed by atoms with Crippen molar-refractivity contribution in [3.63, 3.8) is 0 Å². The Morgan fingerprint density at radius 3 is 2.26 bits per heavy atom. The van der Waals surface area contributed by atoms with Gasteiger partial charge in [0.05, 0.1) is 11.8 Å². The molecule has 1 aromatic rings. The number of hydrogen-bond acceptors (Lipinski definition) is 4. The molecule has 1 heterocycles. The van der Waals surface area contributed by atoms with E-state index in [-0.39, 0.29) is 5.76 Å². The van der Waals surface area contributed by atoms with Gasteiger partial charge in [-0.15, -0.1) is 0 Å². The third kappa shape index (κ3) is 4.01. The second kappa shape index (κ2) is 6.99. The molecule has 2 atom stereocenters. The molecule has 0 bridgehead atoms. The number of aliphatic carboxylic acids is 1. The summed E-state index contributed by atoms with van der Waals surface area (Å²) in [5.41, 5.74) is 6.51. The van der Waals surface area contributed by atoms with Gasteiger partial charge in [0.1, 0.15) is 0 Å². The lowest BCUT2D eigenvalue weighted by Crippen LogP contribution is -2.48. The number of carbonyl (C=O) groups excluding carboxylic acids is 2. The number of amides is 2. The van der Waals surface area contributed by atoms with Gasteiger partial charge in [0, 0.05) is 0 Å². The van der Waals surface area contributed by atoms with Crippen molar-refractivity contribution in [2.24, 2.45) is 11.8 Å². The van der Waals surface area contributed by atoms with Gasteiger partial charge in [-0.1, -0.05) is 11.1 Å². The zero-order valence-electron chi connectivity index (χ0n) is 12.7. The Morgan fingerprint density at radius 2 is 1.74 bits per heavy atom. The maximum absolute atomic E-state index is 12.3. The highest BCUT2D eigenvalue weighted by Gasteiger charge is 2.37. The van der Waals surface area contributed by atoms with E-state index < -0.39 is 29.6 Å². The van der Waals surface area contributed by atoms with E-state index in [1.165, 1.54) is 6.07 Å². The molecule has 2 amide bonds. The van der Waals surface area contributed by atoms with E-state index in [0.29, 0.717) is 17.5 Å². The molecule has 8 heteroatoms. The van der Waals surface area contributed by atoms with Crippen LogP contribution in [0.15, 0.2) is 32.4 Å². The largest absolute Gasteiger partial charge is 0.481 e. The van der Waals surface area contributed by atoms with E-state index in [9.17, 15) is 19.5 Å². The number of carbonyl (C=O) groups is 3. The van der Waals surface area contributed by atoms with E-state index >= 15 is 0 Å². The van der Waals surface area contributed by atoms with Crippen LogP contribution in [0.25, 0.3) is 0 Å². The number of halogens is 1. The number of hydrogen-bond donors (Lipinski definition) is 3. The topological polar surface area (TPSA) is 109 Å². The molecule has 0 saturated heterocycles. The molecule has 0 fully saturated rings. The summed E-state index contributed by atoms with van der Waals surface area (Å²) in [6, 6.07) is 3.00. The standard InChI is InChI=1S/C15H17BrN2O5/c1-7-5-9(10(15(21)22)6-8(7)2)13(19)17-18-14(20)11-3-4-12(16)23-11/h3-4,9-10H,5-6H2,1-2H3,(H,17,19)(H,18,20)(H,21,22)/t9-,10+/m1/s1. The Hall–Kier alpha value is -2.09. The molecule has 1 aliphatic rings. The van der Waals surface area contributed by atoms with Gasteiger partial charge in [0.15, 0.2) is 10.4 Å². The zero-order valence-corrected chi connectivity index (χ0v) is 14.3. The molecule has 1 aliphatic carbocycles. The first-order valence-corrected chi connectivity index (χ1v) is 7.82. The molecule has 1 aromatic heterocycles. The molecule has 0 aliphatic heterocycles. The monoisotopic (exact) mass is 384 g/mol. The molecule has 0 radical (unpaired) electrons. The molecule has 7 nitrogen and oxygen atoms in total. The Labute approximate surface area is 141 Å². The van der Waals surface area contributed by atoms with Gasteiger partial charge in [0.2, 0.25) is 5.91 Å². The summed E-state index contributed by atoms with van der Waals surface area (Å²) >= 11 is 3.07. The van der Waals surface area contributed by atoms with Gasteiger partial charge in [-0.05, 0) is 54.8 Å². The summed E-state index contributed by atoms with van der Waals surface area (Å²) in [4.78, 5) is 35.4. The SMILES string of the molecule is CC1=C(C)C[C@@H](C(=O)NNC(=O)c2ccc(Br)o2)[C@@H](C(=O)O)C1. The summed E-state index contributed by atoms with van der Waals surface area (Å²) in [7, 11) is 0. The number of carboxylic acid groups (broad SMARTS) is 1. The van der Waals surface area contributed by atoms with Crippen molar-refractivity contribution in [3.8, 4) is 0 Å². The van der Waals surface area contributed by atoms with Crippen molar-refractivity contribution >= 4 is 33.7 Å². The summed E-state index contributed by atoms with van der Waals surface area (Å²) in [5.74, 6) is -3.65.